The van der Waals surface area contributed by atoms with Crippen molar-refractivity contribution in [1.29, 1.82) is 0 Å². The lowest BCUT2D eigenvalue weighted by Gasteiger charge is -2.20. The lowest BCUT2D eigenvalue weighted by Crippen LogP contribution is -2.11. The summed E-state index contributed by atoms with van der Waals surface area (Å²) in [5, 5.41) is 9.36. The first-order valence-electron chi connectivity index (χ1n) is 6.37. The lowest BCUT2D eigenvalue weighted by molar-refractivity contribution is 0.278. The summed E-state index contributed by atoms with van der Waals surface area (Å²) in [6, 6.07) is 10.6. The van der Waals surface area contributed by atoms with Crippen LogP contribution in [0.25, 0.3) is 0 Å². The van der Waals surface area contributed by atoms with E-state index in [4.69, 9.17) is 0 Å². The number of benzene rings is 2. The van der Waals surface area contributed by atoms with Gasteiger partial charge in [-0.1, -0.05) is 23.9 Å². The molecule has 0 aliphatic heterocycles. The van der Waals surface area contributed by atoms with Crippen molar-refractivity contribution in [3.8, 4) is 0 Å². The van der Waals surface area contributed by atoms with Gasteiger partial charge in [-0.05, 0) is 42.3 Å². The second-order valence-corrected chi connectivity index (χ2v) is 5.91. The molecule has 0 heterocycles. The molecule has 0 unspecified atom stereocenters. The van der Waals surface area contributed by atoms with Crippen LogP contribution in [0.15, 0.2) is 46.2 Å². The Morgan fingerprint density at radius 2 is 1.90 bits per heavy atom. The van der Waals surface area contributed by atoms with Crippen LogP contribution < -0.4 is 4.90 Å². The van der Waals surface area contributed by atoms with Gasteiger partial charge in [-0.2, -0.15) is 0 Å². The highest BCUT2D eigenvalue weighted by Gasteiger charge is 2.11. The Labute approximate surface area is 123 Å². The molecular formula is C16H18FNOS. The molecule has 2 rings (SSSR count). The van der Waals surface area contributed by atoms with Crippen LogP contribution in [-0.4, -0.2) is 19.2 Å². The largest absolute Gasteiger partial charge is 0.392 e. The molecule has 0 aliphatic carbocycles. The third kappa shape index (κ3) is 3.14. The standard InChI is InChI=1S/C16H18FNOS/c1-11-5-4-6-15(16(11)18(2)3)20-14-8-7-13(17)9-12(14)10-19/h4-9,19H,10H2,1-3H3. The van der Waals surface area contributed by atoms with Crippen molar-refractivity contribution in [2.24, 2.45) is 0 Å². The van der Waals surface area contributed by atoms with Crippen LogP contribution >= 0.6 is 11.8 Å². The number of hydrogen-bond acceptors (Lipinski definition) is 3. The van der Waals surface area contributed by atoms with Gasteiger partial charge in [0.15, 0.2) is 0 Å². The molecule has 4 heteroatoms. The second-order valence-electron chi connectivity index (χ2n) is 4.83. The lowest BCUT2D eigenvalue weighted by atomic mass is 10.2. The number of rotatable bonds is 4. The Morgan fingerprint density at radius 3 is 2.55 bits per heavy atom. The molecule has 0 aliphatic rings. The van der Waals surface area contributed by atoms with E-state index in [1.54, 1.807) is 17.8 Å². The number of aliphatic hydroxyl groups excluding tert-OH is 1. The van der Waals surface area contributed by atoms with Crippen LogP contribution in [0.4, 0.5) is 10.1 Å². The summed E-state index contributed by atoms with van der Waals surface area (Å²) in [4.78, 5) is 4.04. The number of aryl methyl sites for hydroxylation is 1. The highest BCUT2D eigenvalue weighted by atomic mass is 32.2. The van der Waals surface area contributed by atoms with Crippen molar-refractivity contribution < 1.29 is 9.50 Å². The van der Waals surface area contributed by atoms with Crippen LogP contribution in [0.1, 0.15) is 11.1 Å². The maximum Gasteiger partial charge on any atom is 0.123 e. The average molecular weight is 291 g/mol. The minimum atomic E-state index is -0.324. The first-order valence-corrected chi connectivity index (χ1v) is 7.18. The summed E-state index contributed by atoms with van der Waals surface area (Å²) in [7, 11) is 4.01. The summed E-state index contributed by atoms with van der Waals surface area (Å²) in [5.41, 5.74) is 2.94. The van der Waals surface area contributed by atoms with Gasteiger partial charge in [-0.15, -0.1) is 0 Å². The molecule has 20 heavy (non-hydrogen) atoms. The van der Waals surface area contributed by atoms with Gasteiger partial charge in [0.05, 0.1) is 12.3 Å². The van der Waals surface area contributed by atoms with E-state index in [1.807, 2.05) is 26.2 Å². The first kappa shape index (κ1) is 14.9. The minimum Gasteiger partial charge on any atom is -0.392 e. The fourth-order valence-corrected chi connectivity index (χ4v) is 3.39. The number of para-hydroxylation sites is 1. The Bertz CT molecular complexity index is 613. The Hall–Kier alpha value is -1.52. The normalized spacial score (nSPS) is 10.7. The third-order valence-electron chi connectivity index (χ3n) is 3.06. The van der Waals surface area contributed by atoms with Gasteiger partial charge >= 0.3 is 0 Å². The molecule has 0 atom stereocenters. The van der Waals surface area contributed by atoms with Crippen molar-refractivity contribution in [2.45, 2.75) is 23.3 Å². The zero-order valence-electron chi connectivity index (χ0n) is 11.9. The van der Waals surface area contributed by atoms with Crippen molar-refractivity contribution in [1.82, 2.24) is 0 Å². The maximum absolute atomic E-state index is 13.2. The van der Waals surface area contributed by atoms with E-state index >= 15 is 0 Å². The highest BCUT2D eigenvalue weighted by molar-refractivity contribution is 7.99. The van der Waals surface area contributed by atoms with E-state index in [2.05, 4.69) is 17.9 Å². The summed E-state index contributed by atoms with van der Waals surface area (Å²) in [6.07, 6.45) is 0. The summed E-state index contributed by atoms with van der Waals surface area (Å²) in [5.74, 6) is -0.324. The quantitative estimate of drug-likeness (QED) is 0.925. The fraction of sp³-hybridized carbons (Fsp3) is 0.250. The van der Waals surface area contributed by atoms with Crippen molar-refractivity contribution in [3.05, 3.63) is 53.3 Å². The van der Waals surface area contributed by atoms with Crippen LogP contribution in [0.5, 0.6) is 0 Å². The summed E-state index contributed by atoms with van der Waals surface area (Å²) in [6.45, 7) is 1.90. The number of anilines is 1. The van der Waals surface area contributed by atoms with Gasteiger partial charge in [0.1, 0.15) is 5.82 Å². The van der Waals surface area contributed by atoms with Gasteiger partial charge in [0.25, 0.3) is 0 Å². The Kier molecular flexibility index (Phi) is 4.68. The average Bonchev–Trinajstić information content (AvgIpc) is 2.40. The monoisotopic (exact) mass is 291 g/mol. The van der Waals surface area contributed by atoms with Crippen molar-refractivity contribution >= 4 is 17.4 Å². The van der Waals surface area contributed by atoms with Crippen molar-refractivity contribution in [2.75, 3.05) is 19.0 Å². The van der Waals surface area contributed by atoms with Gasteiger partial charge < -0.3 is 10.0 Å². The zero-order chi connectivity index (χ0) is 14.7. The van der Waals surface area contributed by atoms with E-state index in [1.165, 1.54) is 17.7 Å². The topological polar surface area (TPSA) is 23.5 Å². The Morgan fingerprint density at radius 1 is 1.15 bits per heavy atom. The summed E-state index contributed by atoms with van der Waals surface area (Å²) >= 11 is 1.55. The Balaban J connectivity index is 2.43. The maximum atomic E-state index is 13.2. The van der Waals surface area contributed by atoms with Crippen LogP contribution in [0, 0.1) is 12.7 Å². The zero-order valence-corrected chi connectivity index (χ0v) is 12.7. The SMILES string of the molecule is Cc1cccc(Sc2ccc(F)cc2CO)c1N(C)C. The molecule has 0 aromatic heterocycles. The number of aliphatic hydroxyl groups is 1. The molecule has 0 fully saturated rings. The van der Waals surface area contributed by atoms with Crippen LogP contribution in [-0.2, 0) is 6.61 Å². The molecule has 2 nitrogen and oxygen atoms in total. The third-order valence-corrected chi connectivity index (χ3v) is 4.23. The first-order chi connectivity index (χ1) is 9.52. The van der Waals surface area contributed by atoms with Gasteiger partial charge in [-0.3, -0.25) is 0 Å². The molecule has 0 saturated heterocycles. The predicted molar refractivity (Wildman–Crippen MR) is 82.0 cm³/mol. The molecule has 2 aromatic carbocycles. The van der Waals surface area contributed by atoms with E-state index in [0.717, 1.165) is 15.5 Å². The number of nitrogens with zero attached hydrogens (tertiary/aromatic N) is 1. The molecule has 0 saturated carbocycles. The minimum absolute atomic E-state index is 0.163. The van der Waals surface area contributed by atoms with Crippen molar-refractivity contribution in [3.63, 3.8) is 0 Å². The smallest absolute Gasteiger partial charge is 0.123 e. The van der Waals surface area contributed by atoms with E-state index in [-0.39, 0.29) is 12.4 Å². The van der Waals surface area contributed by atoms with E-state index < -0.39 is 0 Å². The van der Waals surface area contributed by atoms with Crippen LogP contribution in [0.3, 0.4) is 0 Å². The van der Waals surface area contributed by atoms with Crippen LogP contribution in [0.2, 0.25) is 0 Å². The van der Waals surface area contributed by atoms with Gasteiger partial charge in [0, 0.05) is 23.9 Å². The predicted octanol–water partition coefficient (Wildman–Crippen LogP) is 3.84. The summed E-state index contributed by atoms with van der Waals surface area (Å²) < 4.78 is 13.2. The fourth-order valence-electron chi connectivity index (χ4n) is 2.18. The molecule has 0 bridgehead atoms. The molecule has 0 radical (unpaired) electrons. The number of halogens is 1. The molecule has 2 aromatic rings. The molecular weight excluding hydrogens is 273 g/mol. The van der Waals surface area contributed by atoms with E-state index in [0.29, 0.717) is 5.56 Å². The number of hydrogen-bond donors (Lipinski definition) is 1. The van der Waals surface area contributed by atoms with Gasteiger partial charge in [-0.25, -0.2) is 4.39 Å². The van der Waals surface area contributed by atoms with Gasteiger partial charge in [0.2, 0.25) is 0 Å². The highest BCUT2D eigenvalue weighted by Crippen LogP contribution is 2.38. The van der Waals surface area contributed by atoms with E-state index in [9.17, 15) is 9.50 Å². The molecule has 0 amide bonds. The molecule has 106 valence electrons. The second kappa shape index (κ2) is 6.29. The molecule has 0 spiro atoms. The molecule has 1 N–H and O–H groups in total.